The highest BCUT2D eigenvalue weighted by Gasteiger charge is 2.20. The van der Waals surface area contributed by atoms with Crippen LogP contribution in [0, 0.1) is 0 Å². The molecule has 0 saturated carbocycles. The second kappa shape index (κ2) is 7.03. The summed E-state index contributed by atoms with van der Waals surface area (Å²) in [6.07, 6.45) is -0.134. The maximum absolute atomic E-state index is 11.8. The van der Waals surface area contributed by atoms with Crippen molar-refractivity contribution in [3.8, 4) is 0 Å². The largest absolute Gasteiger partial charge is 0.449 e. The fraction of sp³-hybridized carbons (Fsp3) is 0.308. The normalized spacial score (nSPS) is 12.1. The third-order valence-corrected chi connectivity index (χ3v) is 3.76. The minimum Gasteiger partial charge on any atom is -0.449 e. The van der Waals surface area contributed by atoms with Crippen LogP contribution in [0.3, 0.4) is 0 Å². The number of esters is 1. The van der Waals surface area contributed by atoms with Crippen LogP contribution in [0.4, 0.5) is 4.79 Å². The summed E-state index contributed by atoms with van der Waals surface area (Å²) < 4.78 is 27.5. The number of nitrogens with one attached hydrogen (secondary N) is 2. The molecule has 0 saturated heterocycles. The molecule has 3 amide bonds. The molecule has 1 unspecified atom stereocenters. The molecule has 0 heterocycles. The number of benzene rings is 1. The number of carbonyl (C=O) groups excluding carboxylic acids is 3. The smallest absolute Gasteiger partial charge is 0.338 e. The Kier molecular flexibility index (Phi) is 5.63. The van der Waals surface area contributed by atoms with Crippen molar-refractivity contribution in [2.45, 2.75) is 17.9 Å². The minimum absolute atomic E-state index is 0.0643. The molecule has 0 aliphatic carbocycles. The second-order valence-corrected chi connectivity index (χ2v) is 6.43. The Balaban J connectivity index is 2.73. The third-order valence-electron chi connectivity index (χ3n) is 2.64. The number of sulfone groups is 1. The molecule has 0 bridgehead atoms. The quantitative estimate of drug-likeness (QED) is 0.756. The Bertz CT molecular complexity index is 681. The van der Waals surface area contributed by atoms with Gasteiger partial charge in [0.05, 0.1) is 10.5 Å². The van der Waals surface area contributed by atoms with E-state index in [-0.39, 0.29) is 10.5 Å². The summed E-state index contributed by atoms with van der Waals surface area (Å²) in [4.78, 5) is 34.4. The van der Waals surface area contributed by atoms with Crippen molar-refractivity contribution in [1.82, 2.24) is 10.6 Å². The highest BCUT2D eigenvalue weighted by atomic mass is 32.2. The highest BCUT2D eigenvalue weighted by Crippen LogP contribution is 2.11. The summed E-state index contributed by atoms with van der Waals surface area (Å²) in [5.74, 6) is -1.58. The Morgan fingerprint density at radius 2 is 1.68 bits per heavy atom. The summed E-state index contributed by atoms with van der Waals surface area (Å²) in [5.41, 5.74) is 0.0898. The molecule has 2 N–H and O–H groups in total. The predicted molar refractivity (Wildman–Crippen MR) is 77.0 cm³/mol. The van der Waals surface area contributed by atoms with Crippen LogP contribution < -0.4 is 10.6 Å². The van der Waals surface area contributed by atoms with Gasteiger partial charge < -0.3 is 10.1 Å². The van der Waals surface area contributed by atoms with Gasteiger partial charge in [-0.2, -0.15) is 0 Å². The zero-order chi connectivity index (χ0) is 16.9. The number of ether oxygens (including phenoxy) is 1. The topological polar surface area (TPSA) is 119 Å². The van der Waals surface area contributed by atoms with Crippen molar-refractivity contribution < 1.29 is 27.5 Å². The lowest BCUT2D eigenvalue weighted by Crippen LogP contribution is -2.43. The molecule has 22 heavy (non-hydrogen) atoms. The van der Waals surface area contributed by atoms with Crippen molar-refractivity contribution in [2.24, 2.45) is 0 Å². The lowest BCUT2D eigenvalue weighted by Gasteiger charge is -2.12. The first-order valence-corrected chi connectivity index (χ1v) is 8.08. The number of hydrogen-bond donors (Lipinski definition) is 2. The third kappa shape index (κ3) is 4.85. The first-order chi connectivity index (χ1) is 10.1. The maximum Gasteiger partial charge on any atom is 0.338 e. The molecule has 0 spiro atoms. The van der Waals surface area contributed by atoms with Crippen LogP contribution in [0.1, 0.15) is 17.3 Å². The van der Waals surface area contributed by atoms with Crippen molar-refractivity contribution in [3.63, 3.8) is 0 Å². The standard InChI is InChI=1S/C13H16N2O6S/c1-8(11(16)15-13(18)14-2)21-12(17)9-4-6-10(7-5-9)22(3,19)20/h4-8H,1-3H3,(H2,14,15,16,18). The number of hydrogen-bond acceptors (Lipinski definition) is 6. The van der Waals surface area contributed by atoms with Gasteiger partial charge in [-0.25, -0.2) is 18.0 Å². The average molecular weight is 328 g/mol. The SMILES string of the molecule is CNC(=O)NC(=O)C(C)OC(=O)c1ccc(S(C)(=O)=O)cc1. The molecule has 1 aromatic rings. The summed E-state index contributed by atoms with van der Waals surface area (Å²) >= 11 is 0. The summed E-state index contributed by atoms with van der Waals surface area (Å²) in [5, 5.41) is 4.16. The maximum atomic E-state index is 11.8. The monoisotopic (exact) mass is 328 g/mol. The molecule has 0 radical (unpaired) electrons. The van der Waals surface area contributed by atoms with Crippen LogP contribution in [0.2, 0.25) is 0 Å². The predicted octanol–water partition coefficient (Wildman–Crippen LogP) is 0.0910. The number of urea groups is 1. The lowest BCUT2D eigenvalue weighted by atomic mass is 10.2. The molecule has 1 rings (SSSR count). The van der Waals surface area contributed by atoms with Crippen molar-refractivity contribution in [3.05, 3.63) is 29.8 Å². The van der Waals surface area contributed by atoms with Crippen molar-refractivity contribution in [1.29, 1.82) is 0 Å². The van der Waals surface area contributed by atoms with E-state index in [0.29, 0.717) is 0 Å². The van der Waals surface area contributed by atoms with E-state index >= 15 is 0 Å². The number of amides is 3. The van der Waals surface area contributed by atoms with Gasteiger partial charge in [-0.3, -0.25) is 10.1 Å². The van der Waals surface area contributed by atoms with Gasteiger partial charge in [0.1, 0.15) is 0 Å². The van der Waals surface area contributed by atoms with E-state index in [4.69, 9.17) is 4.74 Å². The van der Waals surface area contributed by atoms with E-state index in [1.165, 1.54) is 38.2 Å². The van der Waals surface area contributed by atoms with Crippen LogP contribution in [0.25, 0.3) is 0 Å². The number of carbonyl (C=O) groups is 3. The van der Waals surface area contributed by atoms with Gasteiger partial charge in [-0.05, 0) is 31.2 Å². The van der Waals surface area contributed by atoms with Gasteiger partial charge in [0.25, 0.3) is 5.91 Å². The zero-order valence-corrected chi connectivity index (χ0v) is 13.1. The molecular weight excluding hydrogens is 312 g/mol. The summed E-state index contributed by atoms with van der Waals surface area (Å²) in [7, 11) is -2.02. The first kappa shape index (κ1) is 17.6. The Morgan fingerprint density at radius 3 is 2.14 bits per heavy atom. The van der Waals surface area contributed by atoms with Gasteiger partial charge in [0, 0.05) is 13.3 Å². The molecule has 1 aromatic carbocycles. The zero-order valence-electron chi connectivity index (χ0n) is 12.2. The molecule has 1 atom stereocenters. The van der Waals surface area contributed by atoms with Crippen LogP contribution in [-0.4, -0.2) is 45.7 Å². The first-order valence-electron chi connectivity index (χ1n) is 6.19. The molecule has 9 heteroatoms. The van der Waals surface area contributed by atoms with Gasteiger partial charge in [0.2, 0.25) is 0 Å². The Morgan fingerprint density at radius 1 is 1.14 bits per heavy atom. The van der Waals surface area contributed by atoms with E-state index in [1.807, 2.05) is 5.32 Å². The summed E-state index contributed by atoms with van der Waals surface area (Å²) in [6.45, 7) is 1.31. The van der Waals surface area contributed by atoms with Gasteiger partial charge in [0.15, 0.2) is 15.9 Å². The minimum atomic E-state index is -3.36. The van der Waals surface area contributed by atoms with Crippen LogP contribution >= 0.6 is 0 Å². The van der Waals surface area contributed by atoms with E-state index in [1.54, 1.807) is 0 Å². The van der Waals surface area contributed by atoms with E-state index in [0.717, 1.165) is 6.26 Å². The van der Waals surface area contributed by atoms with Gasteiger partial charge >= 0.3 is 12.0 Å². The molecule has 120 valence electrons. The molecule has 0 fully saturated rings. The van der Waals surface area contributed by atoms with Crippen LogP contribution in [-0.2, 0) is 19.4 Å². The fourth-order valence-electron chi connectivity index (χ4n) is 1.40. The van der Waals surface area contributed by atoms with Crippen molar-refractivity contribution >= 4 is 27.7 Å². The van der Waals surface area contributed by atoms with Crippen LogP contribution in [0.15, 0.2) is 29.2 Å². The molecule has 0 aromatic heterocycles. The second-order valence-electron chi connectivity index (χ2n) is 4.41. The molecule has 0 aliphatic heterocycles. The van der Waals surface area contributed by atoms with Gasteiger partial charge in [-0.1, -0.05) is 0 Å². The number of imide groups is 1. The Hall–Kier alpha value is -2.42. The molecular formula is C13H16N2O6S. The van der Waals surface area contributed by atoms with Crippen LogP contribution in [0.5, 0.6) is 0 Å². The van der Waals surface area contributed by atoms with E-state index < -0.39 is 33.8 Å². The molecule has 0 aliphatic rings. The van der Waals surface area contributed by atoms with E-state index in [2.05, 4.69) is 5.32 Å². The fourth-order valence-corrected chi connectivity index (χ4v) is 2.03. The lowest BCUT2D eigenvalue weighted by molar-refractivity contribution is -0.127. The average Bonchev–Trinajstić information content (AvgIpc) is 2.46. The highest BCUT2D eigenvalue weighted by molar-refractivity contribution is 7.90. The van der Waals surface area contributed by atoms with E-state index in [9.17, 15) is 22.8 Å². The number of rotatable bonds is 4. The Labute approximate surface area is 127 Å². The van der Waals surface area contributed by atoms with Gasteiger partial charge in [-0.15, -0.1) is 0 Å². The molecule has 8 nitrogen and oxygen atoms in total. The summed E-state index contributed by atoms with van der Waals surface area (Å²) in [6, 6.07) is 4.37. The van der Waals surface area contributed by atoms with Crippen molar-refractivity contribution in [2.75, 3.05) is 13.3 Å².